The van der Waals surface area contributed by atoms with E-state index in [1.807, 2.05) is 24.4 Å². The second-order valence-corrected chi connectivity index (χ2v) is 8.00. The summed E-state index contributed by atoms with van der Waals surface area (Å²) in [6.45, 7) is 2.52. The highest BCUT2D eigenvalue weighted by atomic mass is 35.5. The fourth-order valence-electron chi connectivity index (χ4n) is 3.77. The molecule has 2 heterocycles. The van der Waals surface area contributed by atoms with Crippen molar-refractivity contribution < 1.29 is 0 Å². The quantitative estimate of drug-likeness (QED) is 0.742. The van der Waals surface area contributed by atoms with Crippen LogP contribution in [0.1, 0.15) is 42.6 Å². The molecule has 1 aliphatic carbocycles. The maximum Gasteiger partial charge on any atom is 0.259 e. The number of aryl methyl sites for hydroxylation is 1. The lowest BCUT2D eigenvalue weighted by Crippen LogP contribution is -2.39. The Kier molecular flexibility index (Phi) is 4.40. The molecular weight excluding hydrogens is 354 g/mol. The van der Waals surface area contributed by atoms with Gasteiger partial charge in [0.1, 0.15) is 0 Å². The van der Waals surface area contributed by atoms with Crippen LogP contribution in [0.5, 0.6) is 0 Å². The van der Waals surface area contributed by atoms with Crippen LogP contribution < -0.4 is 10.9 Å². The van der Waals surface area contributed by atoms with Gasteiger partial charge in [0.25, 0.3) is 5.56 Å². The van der Waals surface area contributed by atoms with E-state index >= 15 is 0 Å². The van der Waals surface area contributed by atoms with E-state index in [0.29, 0.717) is 6.54 Å². The number of aromatic nitrogens is 2. The molecule has 4 nitrogen and oxygen atoms in total. The number of nitrogens with zero attached hydrogens (tertiary/aromatic N) is 2. The molecule has 0 atom stereocenters. The molecule has 1 N–H and O–H groups in total. The van der Waals surface area contributed by atoms with Gasteiger partial charge in [-0.05, 0) is 37.5 Å². The van der Waals surface area contributed by atoms with Gasteiger partial charge >= 0.3 is 0 Å². The summed E-state index contributed by atoms with van der Waals surface area (Å²) in [5, 5.41) is 6.42. The van der Waals surface area contributed by atoms with Crippen molar-refractivity contribution in [2.45, 2.75) is 44.7 Å². The Morgan fingerprint density at radius 3 is 2.72 bits per heavy atom. The Balaban J connectivity index is 1.62. The van der Waals surface area contributed by atoms with Crippen LogP contribution in [0.15, 0.2) is 40.5 Å². The fourth-order valence-corrected chi connectivity index (χ4v) is 4.78. The van der Waals surface area contributed by atoms with Crippen molar-refractivity contribution in [1.82, 2.24) is 14.7 Å². The molecule has 1 aromatic carbocycles. The summed E-state index contributed by atoms with van der Waals surface area (Å²) in [5.41, 5.74) is 2.94. The summed E-state index contributed by atoms with van der Waals surface area (Å²) in [4.78, 5) is 17.8. The molecule has 1 aliphatic rings. The zero-order chi connectivity index (χ0) is 17.4. The first-order valence-electron chi connectivity index (χ1n) is 8.55. The Morgan fingerprint density at radius 1 is 1.28 bits per heavy atom. The molecule has 4 rings (SSSR count). The summed E-state index contributed by atoms with van der Waals surface area (Å²) < 4.78 is 1.67. The van der Waals surface area contributed by atoms with Crippen LogP contribution in [0, 0.1) is 6.92 Å². The number of halogens is 1. The predicted octanol–water partition coefficient (Wildman–Crippen LogP) is 4.28. The SMILES string of the molecule is Cc1csc2nc(CNC3(c4ccc(Cl)cc4)CCCC3)cc(=O)n12. The third-order valence-electron chi connectivity index (χ3n) is 5.09. The summed E-state index contributed by atoms with van der Waals surface area (Å²) in [7, 11) is 0. The van der Waals surface area contributed by atoms with Gasteiger partial charge in [-0.15, -0.1) is 11.3 Å². The number of thiazole rings is 1. The smallest absolute Gasteiger partial charge is 0.259 e. The van der Waals surface area contributed by atoms with E-state index in [1.165, 1.54) is 29.7 Å². The number of rotatable bonds is 4. The van der Waals surface area contributed by atoms with E-state index in [4.69, 9.17) is 11.6 Å². The van der Waals surface area contributed by atoms with Gasteiger partial charge in [0.15, 0.2) is 4.96 Å². The fraction of sp³-hybridized carbons (Fsp3) is 0.368. The summed E-state index contributed by atoms with van der Waals surface area (Å²) >= 11 is 7.55. The van der Waals surface area contributed by atoms with E-state index in [1.54, 1.807) is 10.5 Å². The molecule has 0 saturated heterocycles. The maximum absolute atomic E-state index is 12.4. The normalized spacial score (nSPS) is 16.6. The molecule has 0 bridgehead atoms. The number of hydrogen-bond donors (Lipinski definition) is 1. The Bertz CT molecular complexity index is 955. The van der Waals surface area contributed by atoms with Crippen molar-refractivity contribution >= 4 is 27.9 Å². The second kappa shape index (κ2) is 6.56. The number of benzene rings is 1. The van der Waals surface area contributed by atoms with Crippen LogP contribution >= 0.6 is 22.9 Å². The predicted molar refractivity (Wildman–Crippen MR) is 103 cm³/mol. The summed E-state index contributed by atoms with van der Waals surface area (Å²) in [5.74, 6) is 0. The third kappa shape index (κ3) is 3.12. The van der Waals surface area contributed by atoms with Crippen molar-refractivity contribution in [2.75, 3.05) is 0 Å². The molecule has 0 amide bonds. The van der Waals surface area contributed by atoms with Crippen molar-refractivity contribution in [3.63, 3.8) is 0 Å². The van der Waals surface area contributed by atoms with Gasteiger partial charge < -0.3 is 5.32 Å². The highest BCUT2D eigenvalue weighted by Crippen LogP contribution is 2.39. The van der Waals surface area contributed by atoms with Crippen molar-refractivity contribution in [2.24, 2.45) is 0 Å². The molecule has 6 heteroatoms. The first-order chi connectivity index (χ1) is 12.1. The average Bonchev–Trinajstić information content (AvgIpc) is 3.22. The molecular formula is C19H20ClN3OS. The van der Waals surface area contributed by atoms with Crippen LogP contribution in [-0.4, -0.2) is 9.38 Å². The highest BCUT2D eigenvalue weighted by Gasteiger charge is 2.35. The van der Waals surface area contributed by atoms with Crippen molar-refractivity contribution in [3.8, 4) is 0 Å². The summed E-state index contributed by atoms with van der Waals surface area (Å²) in [6, 6.07) is 9.75. The van der Waals surface area contributed by atoms with Crippen LogP contribution in [0.3, 0.4) is 0 Å². The number of hydrogen-bond acceptors (Lipinski definition) is 4. The Morgan fingerprint density at radius 2 is 2.00 bits per heavy atom. The average molecular weight is 374 g/mol. The van der Waals surface area contributed by atoms with Gasteiger partial charge in [-0.2, -0.15) is 0 Å². The van der Waals surface area contributed by atoms with Crippen LogP contribution in [-0.2, 0) is 12.1 Å². The molecule has 0 spiro atoms. The highest BCUT2D eigenvalue weighted by molar-refractivity contribution is 7.15. The largest absolute Gasteiger partial charge is 0.302 e. The second-order valence-electron chi connectivity index (χ2n) is 6.73. The zero-order valence-electron chi connectivity index (χ0n) is 14.1. The van der Waals surface area contributed by atoms with Gasteiger partial charge in [-0.3, -0.25) is 9.20 Å². The van der Waals surface area contributed by atoms with Gasteiger partial charge in [-0.25, -0.2) is 4.98 Å². The molecule has 25 heavy (non-hydrogen) atoms. The minimum atomic E-state index is -0.0528. The van der Waals surface area contributed by atoms with E-state index in [2.05, 4.69) is 22.4 Å². The standard InChI is InChI=1S/C19H20ClN3OS/c1-13-12-25-18-22-16(10-17(24)23(13)18)11-21-19(8-2-3-9-19)14-4-6-15(20)7-5-14/h4-7,10,12,21H,2-3,8-9,11H2,1H3. The van der Waals surface area contributed by atoms with E-state index in [9.17, 15) is 4.79 Å². The van der Waals surface area contributed by atoms with Crippen molar-refractivity contribution in [1.29, 1.82) is 0 Å². The zero-order valence-corrected chi connectivity index (χ0v) is 15.7. The lowest BCUT2D eigenvalue weighted by Gasteiger charge is -2.31. The van der Waals surface area contributed by atoms with E-state index in [-0.39, 0.29) is 11.1 Å². The topological polar surface area (TPSA) is 46.4 Å². The lowest BCUT2D eigenvalue weighted by molar-refractivity contribution is 0.337. The molecule has 2 aromatic heterocycles. The van der Waals surface area contributed by atoms with Crippen LogP contribution in [0.2, 0.25) is 5.02 Å². The molecule has 1 saturated carbocycles. The molecule has 0 radical (unpaired) electrons. The monoisotopic (exact) mass is 373 g/mol. The van der Waals surface area contributed by atoms with E-state index in [0.717, 1.165) is 34.2 Å². The van der Waals surface area contributed by atoms with Crippen molar-refractivity contribution in [3.05, 3.63) is 68.0 Å². The first-order valence-corrected chi connectivity index (χ1v) is 9.81. The minimum absolute atomic E-state index is 0.00693. The molecule has 0 unspecified atom stereocenters. The number of nitrogens with one attached hydrogen (secondary N) is 1. The maximum atomic E-state index is 12.4. The summed E-state index contributed by atoms with van der Waals surface area (Å²) in [6.07, 6.45) is 4.59. The Hall–Kier alpha value is -1.69. The van der Waals surface area contributed by atoms with Gasteiger partial charge in [0.2, 0.25) is 0 Å². The first kappa shape index (κ1) is 16.8. The molecule has 1 fully saturated rings. The van der Waals surface area contributed by atoms with Gasteiger partial charge in [-0.1, -0.05) is 36.6 Å². The van der Waals surface area contributed by atoms with Gasteiger partial charge in [0, 0.05) is 34.2 Å². The van der Waals surface area contributed by atoms with Crippen LogP contribution in [0.25, 0.3) is 4.96 Å². The molecule has 3 aromatic rings. The van der Waals surface area contributed by atoms with Gasteiger partial charge in [0.05, 0.1) is 5.69 Å². The minimum Gasteiger partial charge on any atom is -0.302 e. The lowest BCUT2D eigenvalue weighted by atomic mass is 9.88. The third-order valence-corrected chi connectivity index (χ3v) is 6.29. The van der Waals surface area contributed by atoms with E-state index < -0.39 is 0 Å². The molecule has 130 valence electrons. The number of fused-ring (bicyclic) bond motifs is 1. The van der Waals surface area contributed by atoms with Crippen LogP contribution in [0.4, 0.5) is 0 Å². The molecule has 0 aliphatic heterocycles. The Labute approximate surface area is 155 Å².